The molecule has 1 aliphatic heterocycles. The predicted molar refractivity (Wildman–Crippen MR) is 78.1 cm³/mol. The molecule has 4 nitrogen and oxygen atoms in total. The Morgan fingerprint density at radius 3 is 2.58 bits per heavy atom. The van der Waals surface area contributed by atoms with E-state index in [1.54, 1.807) is 0 Å². The minimum absolute atomic E-state index is 0.128. The summed E-state index contributed by atoms with van der Waals surface area (Å²) in [7, 11) is 0. The number of ether oxygens (including phenoxy) is 1. The van der Waals surface area contributed by atoms with Gasteiger partial charge in [0.1, 0.15) is 6.61 Å². The van der Waals surface area contributed by atoms with Gasteiger partial charge in [0.15, 0.2) is 0 Å². The molecule has 0 bridgehead atoms. The van der Waals surface area contributed by atoms with E-state index in [1.165, 1.54) is 0 Å². The minimum Gasteiger partial charge on any atom is -0.366 e. The van der Waals surface area contributed by atoms with Crippen molar-refractivity contribution < 1.29 is 9.53 Å². The first-order chi connectivity index (χ1) is 8.87. The lowest BCUT2D eigenvalue weighted by Crippen LogP contribution is -2.51. The number of hydrogen-bond donors (Lipinski definition) is 1. The number of carbonyl (C=O) groups is 1. The van der Waals surface area contributed by atoms with Crippen molar-refractivity contribution in [3.05, 3.63) is 0 Å². The molecule has 1 N–H and O–H groups in total. The molecular formula is C15H30N2O2. The van der Waals surface area contributed by atoms with Crippen LogP contribution in [0.25, 0.3) is 0 Å². The normalized spacial score (nSPS) is 24.6. The van der Waals surface area contributed by atoms with Crippen molar-refractivity contribution in [1.29, 1.82) is 0 Å². The van der Waals surface area contributed by atoms with E-state index in [0.29, 0.717) is 12.0 Å². The van der Waals surface area contributed by atoms with Crippen LogP contribution in [0.15, 0.2) is 0 Å². The molecule has 2 unspecified atom stereocenters. The van der Waals surface area contributed by atoms with Gasteiger partial charge in [-0.3, -0.25) is 4.79 Å². The highest BCUT2D eigenvalue weighted by Gasteiger charge is 2.30. The fraction of sp³-hybridized carbons (Fsp3) is 0.933. The zero-order chi connectivity index (χ0) is 14.5. The summed E-state index contributed by atoms with van der Waals surface area (Å²) in [6.07, 6.45) is 2.16. The van der Waals surface area contributed by atoms with Crippen LogP contribution in [0.2, 0.25) is 0 Å². The smallest absolute Gasteiger partial charge is 0.248 e. The van der Waals surface area contributed by atoms with Crippen LogP contribution in [0.3, 0.4) is 0 Å². The van der Waals surface area contributed by atoms with Crippen LogP contribution in [0, 0.1) is 5.92 Å². The minimum atomic E-state index is -0.248. The molecule has 1 rings (SSSR count). The second-order valence-electron chi connectivity index (χ2n) is 6.36. The topological polar surface area (TPSA) is 41.6 Å². The molecule has 0 aliphatic carbocycles. The van der Waals surface area contributed by atoms with Gasteiger partial charge in [0, 0.05) is 19.1 Å². The molecule has 0 radical (unpaired) electrons. The van der Waals surface area contributed by atoms with E-state index < -0.39 is 0 Å². The van der Waals surface area contributed by atoms with Crippen molar-refractivity contribution in [2.45, 2.75) is 59.1 Å². The summed E-state index contributed by atoms with van der Waals surface area (Å²) in [6, 6.07) is 0.558. The maximum atomic E-state index is 12.2. The zero-order valence-corrected chi connectivity index (χ0v) is 13.2. The van der Waals surface area contributed by atoms with Crippen molar-refractivity contribution >= 4 is 5.91 Å². The molecule has 1 saturated heterocycles. The van der Waals surface area contributed by atoms with E-state index in [1.807, 2.05) is 25.7 Å². The molecule has 1 amide bonds. The third-order valence-corrected chi connectivity index (χ3v) is 3.71. The van der Waals surface area contributed by atoms with E-state index >= 15 is 0 Å². The summed E-state index contributed by atoms with van der Waals surface area (Å²) in [4.78, 5) is 14.1. The number of nitrogens with one attached hydrogen (secondary N) is 1. The highest BCUT2D eigenvalue weighted by molar-refractivity contribution is 5.77. The molecule has 0 aromatic heterocycles. The molecule has 1 aliphatic rings. The first-order valence-corrected chi connectivity index (χ1v) is 7.52. The fourth-order valence-corrected chi connectivity index (χ4v) is 2.57. The lowest BCUT2D eigenvalue weighted by atomic mass is 9.90. The van der Waals surface area contributed by atoms with Crippen LogP contribution in [-0.2, 0) is 9.53 Å². The highest BCUT2D eigenvalue weighted by atomic mass is 16.5. The number of carbonyl (C=O) groups excluding carboxylic acids is 1. The van der Waals surface area contributed by atoms with E-state index in [0.717, 1.165) is 32.5 Å². The Balaban J connectivity index is 2.46. The first-order valence-electron chi connectivity index (χ1n) is 7.52. The number of rotatable bonds is 5. The van der Waals surface area contributed by atoms with Crippen LogP contribution in [-0.4, -0.2) is 48.7 Å². The maximum Gasteiger partial charge on any atom is 0.248 e. The van der Waals surface area contributed by atoms with Gasteiger partial charge in [-0.05, 0) is 39.7 Å². The summed E-state index contributed by atoms with van der Waals surface area (Å²) in [5, 5.41) is 3.53. The van der Waals surface area contributed by atoms with Crippen molar-refractivity contribution in [2.24, 2.45) is 5.92 Å². The predicted octanol–water partition coefficient (Wildman–Crippen LogP) is 2.04. The van der Waals surface area contributed by atoms with Gasteiger partial charge in [-0.2, -0.15) is 0 Å². The van der Waals surface area contributed by atoms with Gasteiger partial charge < -0.3 is 15.0 Å². The molecular weight excluding hydrogens is 240 g/mol. The molecule has 2 atom stereocenters. The van der Waals surface area contributed by atoms with Gasteiger partial charge in [-0.25, -0.2) is 0 Å². The molecule has 0 aromatic rings. The summed E-state index contributed by atoms with van der Waals surface area (Å²) in [5.74, 6) is 0.690. The Hall–Kier alpha value is -0.610. The number of piperidine rings is 1. The zero-order valence-electron chi connectivity index (χ0n) is 13.2. The van der Waals surface area contributed by atoms with Gasteiger partial charge in [0.05, 0.1) is 5.60 Å². The number of likely N-dealkylation sites (tertiary alicyclic amines) is 1. The van der Waals surface area contributed by atoms with Gasteiger partial charge in [-0.15, -0.1) is 0 Å². The Bertz CT molecular complexity index is 286. The second-order valence-corrected chi connectivity index (χ2v) is 6.36. The summed E-state index contributed by atoms with van der Waals surface area (Å²) >= 11 is 0. The van der Waals surface area contributed by atoms with Crippen molar-refractivity contribution in [3.8, 4) is 0 Å². The average Bonchev–Trinajstić information content (AvgIpc) is 2.36. The van der Waals surface area contributed by atoms with Crippen LogP contribution >= 0.6 is 0 Å². The van der Waals surface area contributed by atoms with E-state index in [4.69, 9.17) is 4.74 Å². The lowest BCUT2D eigenvalue weighted by molar-refractivity contribution is -0.143. The molecule has 0 aromatic carbocycles. The molecule has 19 heavy (non-hydrogen) atoms. The van der Waals surface area contributed by atoms with Gasteiger partial charge in [0.25, 0.3) is 0 Å². The number of amides is 1. The molecule has 1 heterocycles. The quantitative estimate of drug-likeness (QED) is 0.831. The van der Waals surface area contributed by atoms with Crippen LogP contribution in [0.5, 0.6) is 0 Å². The molecule has 0 saturated carbocycles. The molecule has 0 spiro atoms. The van der Waals surface area contributed by atoms with Crippen LogP contribution < -0.4 is 5.32 Å². The maximum absolute atomic E-state index is 12.2. The first kappa shape index (κ1) is 16.4. The van der Waals surface area contributed by atoms with Gasteiger partial charge >= 0.3 is 0 Å². The summed E-state index contributed by atoms with van der Waals surface area (Å²) in [6.45, 7) is 13.2. The third-order valence-electron chi connectivity index (χ3n) is 3.71. The van der Waals surface area contributed by atoms with Crippen LogP contribution in [0.1, 0.15) is 47.5 Å². The largest absolute Gasteiger partial charge is 0.366 e. The van der Waals surface area contributed by atoms with Crippen molar-refractivity contribution in [3.63, 3.8) is 0 Å². The summed E-state index contributed by atoms with van der Waals surface area (Å²) < 4.78 is 5.58. The molecule has 4 heteroatoms. The van der Waals surface area contributed by atoms with E-state index in [2.05, 4.69) is 19.2 Å². The Morgan fingerprint density at radius 1 is 1.37 bits per heavy atom. The Morgan fingerprint density at radius 2 is 2.05 bits per heavy atom. The number of hydrogen-bond acceptors (Lipinski definition) is 3. The Labute approximate surface area is 117 Å². The van der Waals surface area contributed by atoms with Gasteiger partial charge in [-0.1, -0.05) is 20.3 Å². The SMILES string of the molecule is CCNC1CCN(C(=O)COC(C)(C)C)CC1CC. The van der Waals surface area contributed by atoms with Crippen molar-refractivity contribution in [2.75, 3.05) is 26.2 Å². The third kappa shape index (κ3) is 5.49. The monoisotopic (exact) mass is 270 g/mol. The second kappa shape index (κ2) is 7.25. The molecule has 1 fully saturated rings. The average molecular weight is 270 g/mol. The number of nitrogens with zero attached hydrogens (tertiary/aromatic N) is 1. The van der Waals surface area contributed by atoms with Crippen molar-refractivity contribution in [1.82, 2.24) is 10.2 Å². The standard InChI is InChI=1S/C15H30N2O2/c1-6-12-10-17(9-8-13(12)16-7-2)14(18)11-19-15(3,4)5/h12-13,16H,6-11H2,1-5H3. The van der Waals surface area contributed by atoms with Crippen LogP contribution in [0.4, 0.5) is 0 Å². The lowest BCUT2D eigenvalue weighted by Gasteiger charge is -2.39. The summed E-state index contributed by atoms with van der Waals surface area (Å²) in [5.41, 5.74) is -0.248. The Kier molecular flexibility index (Phi) is 6.27. The van der Waals surface area contributed by atoms with Gasteiger partial charge in [0.2, 0.25) is 5.91 Å². The van der Waals surface area contributed by atoms with E-state index in [9.17, 15) is 4.79 Å². The van der Waals surface area contributed by atoms with E-state index in [-0.39, 0.29) is 18.1 Å². The molecule has 112 valence electrons. The highest BCUT2D eigenvalue weighted by Crippen LogP contribution is 2.20. The fourth-order valence-electron chi connectivity index (χ4n) is 2.57.